The normalized spacial score (nSPS) is 13.7. The van der Waals surface area contributed by atoms with Gasteiger partial charge < -0.3 is 16.2 Å². The molecule has 6 N–H and O–H groups in total. The van der Waals surface area contributed by atoms with E-state index in [4.69, 9.17) is 16.0 Å². The number of carbonyl (C=O) groups is 2. The van der Waals surface area contributed by atoms with Crippen LogP contribution < -0.4 is 16.5 Å². The molecule has 0 aliphatic carbocycles. The maximum Gasteiger partial charge on any atom is 0.406 e. The molecule has 0 aliphatic heterocycles. The minimum atomic E-state index is -4.98. The highest BCUT2D eigenvalue weighted by molar-refractivity contribution is 5.97. The standard InChI is InChI=1S/C17H16F3N3O4/c1-10(24)4-2-3-5-11-6-8-12(9-7-11)15(25)22-13(16(26)23-27)14(21)17(18,19)20/h6-10,13-14,24,27H,21H2,1H3,(H,22,25)(H,23,26)/t10?,13-,14+/m0/s1. The molecule has 27 heavy (non-hydrogen) atoms. The first-order valence-corrected chi connectivity index (χ1v) is 7.43. The number of nitrogens with one attached hydrogen (secondary N) is 2. The predicted octanol–water partition coefficient (Wildman–Crippen LogP) is -0.0843. The number of amides is 2. The predicted molar refractivity (Wildman–Crippen MR) is 88.0 cm³/mol. The van der Waals surface area contributed by atoms with Crippen LogP contribution in [0.25, 0.3) is 0 Å². The van der Waals surface area contributed by atoms with E-state index < -0.39 is 36.2 Å². The zero-order valence-electron chi connectivity index (χ0n) is 14.0. The molecule has 0 saturated heterocycles. The van der Waals surface area contributed by atoms with Crippen molar-refractivity contribution in [2.24, 2.45) is 5.73 Å². The Morgan fingerprint density at radius 2 is 1.78 bits per heavy atom. The molecule has 0 fully saturated rings. The fraction of sp³-hybridized carbons (Fsp3) is 0.294. The summed E-state index contributed by atoms with van der Waals surface area (Å²) in [5, 5.41) is 19.3. The van der Waals surface area contributed by atoms with Crippen molar-refractivity contribution >= 4 is 11.8 Å². The second-order valence-corrected chi connectivity index (χ2v) is 5.27. The summed E-state index contributed by atoms with van der Waals surface area (Å²) in [6.45, 7) is 1.47. The monoisotopic (exact) mass is 383 g/mol. The molecule has 1 aromatic carbocycles. The Hall–Kier alpha value is -3.05. The van der Waals surface area contributed by atoms with Crippen molar-refractivity contribution in [2.45, 2.75) is 31.3 Å². The summed E-state index contributed by atoms with van der Waals surface area (Å²) in [7, 11) is 0. The van der Waals surface area contributed by atoms with E-state index in [-0.39, 0.29) is 5.56 Å². The molecule has 1 aromatic rings. The number of hydrogen-bond donors (Lipinski definition) is 5. The topological polar surface area (TPSA) is 125 Å². The Labute approximate surface area is 152 Å². The molecule has 2 amide bonds. The summed E-state index contributed by atoms with van der Waals surface area (Å²) >= 11 is 0. The van der Waals surface area contributed by atoms with E-state index in [9.17, 15) is 22.8 Å². The molecule has 1 rings (SSSR count). The van der Waals surface area contributed by atoms with Crippen molar-refractivity contribution in [3.8, 4) is 23.7 Å². The molecule has 0 saturated carbocycles. The average molecular weight is 383 g/mol. The van der Waals surface area contributed by atoms with Crippen LogP contribution in [0.4, 0.5) is 13.2 Å². The molecule has 10 heteroatoms. The van der Waals surface area contributed by atoms with Crippen LogP contribution in [0, 0.1) is 23.7 Å². The third-order valence-electron chi connectivity index (χ3n) is 3.11. The fourth-order valence-corrected chi connectivity index (χ4v) is 1.75. The summed E-state index contributed by atoms with van der Waals surface area (Å²) < 4.78 is 38.2. The van der Waals surface area contributed by atoms with Crippen LogP contribution in [0.15, 0.2) is 24.3 Å². The van der Waals surface area contributed by atoms with Gasteiger partial charge in [-0.05, 0) is 43.0 Å². The second-order valence-electron chi connectivity index (χ2n) is 5.27. The quantitative estimate of drug-likeness (QED) is 0.283. The van der Waals surface area contributed by atoms with Crippen LogP contribution in [0.5, 0.6) is 0 Å². The van der Waals surface area contributed by atoms with Crippen LogP contribution >= 0.6 is 0 Å². The van der Waals surface area contributed by atoms with E-state index in [1.165, 1.54) is 31.2 Å². The molecule has 0 heterocycles. The van der Waals surface area contributed by atoms with E-state index in [0.29, 0.717) is 5.56 Å². The highest BCUT2D eigenvalue weighted by atomic mass is 19.4. The van der Waals surface area contributed by atoms with Crippen molar-refractivity contribution in [1.29, 1.82) is 0 Å². The number of aliphatic hydroxyl groups is 1. The summed E-state index contributed by atoms with van der Waals surface area (Å²) in [4.78, 5) is 23.5. The number of hydrogen-bond acceptors (Lipinski definition) is 5. The van der Waals surface area contributed by atoms with Gasteiger partial charge in [0.2, 0.25) is 0 Å². The third-order valence-corrected chi connectivity index (χ3v) is 3.11. The van der Waals surface area contributed by atoms with Crippen LogP contribution in [0.3, 0.4) is 0 Å². The molecular weight excluding hydrogens is 367 g/mol. The second kappa shape index (κ2) is 9.59. The molecule has 144 valence electrons. The van der Waals surface area contributed by atoms with Crippen molar-refractivity contribution < 1.29 is 33.1 Å². The smallest absolute Gasteiger partial charge is 0.381 e. The lowest BCUT2D eigenvalue weighted by atomic mass is 10.1. The number of hydroxylamine groups is 1. The average Bonchev–Trinajstić information content (AvgIpc) is 2.61. The van der Waals surface area contributed by atoms with Gasteiger partial charge in [-0.15, -0.1) is 0 Å². The molecule has 3 atom stereocenters. The summed E-state index contributed by atoms with van der Waals surface area (Å²) in [5.74, 6) is 7.43. The van der Waals surface area contributed by atoms with Crippen molar-refractivity contribution in [3.63, 3.8) is 0 Å². The van der Waals surface area contributed by atoms with Gasteiger partial charge in [-0.25, -0.2) is 5.48 Å². The number of carbonyl (C=O) groups excluding carboxylic acids is 2. The first kappa shape index (κ1) is 22.0. The maximum absolute atomic E-state index is 12.7. The number of rotatable bonds is 4. The van der Waals surface area contributed by atoms with Gasteiger partial charge in [-0.2, -0.15) is 13.2 Å². The van der Waals surface area contributed by atoms with Gasteiger partial charge in [0.15, 0.2) is 0 Å². The molecule has 0 bridgehead atoms. The van der Waals surface area contributed by atoms with Crippen molar-refractivity contribution in [3.05, 3.63) is 35.4 Å². The van der Waals surface area contributed by atoms with Gasteiger partial charge in [-0.1, -0.05) is 11.8 Å². The Bertz CT molecular complexity index is 799. The lowest BCUT2D eigenvalue weighted by Gasteiger charge is -2.24. The Kier molecular flexibility index (Phi) is 7.81. The Morgan fingerprint density at radius 3 is 2.26 bits per heavy atom. The summed E-state index contributed by atoms with van der Waals surface area (Å²) in [6.07, 6.45) is -5.80. The molecular formula is C17H16F3N3O4. The van der Waals surface area contributed by atoms with E-state index in [2.05, 4.69) is 23.7 Å². The van der Waals surface area contributed by atoms with E-state index >= 15 is 0 Å². The SMILES string of the molecule is CC(O)C#CC#Cc1ccc(C(=O)N[C@H](C(=O)NO)[C@@H](N)C(F)(F)F)cc1. The van der Waals surface area contributed by atoms with Gasteiger partial charge in [0.25, 0.3) is 11.8 Å². The van der Waals surface area contributed by atoms with Gasteiger partial charge in [0.1, 0.15) is 18.2 Å². The lowest BCUT2D eigenvalue weighted by molar-refractivity contribution is -0.162. The first-order valence-electron chi connectivity index (χ1n) is 7.43. The number of halogens is 3. The van der Waals surface area contributed by atoms with Gasteiger partial charge in [-0.3, -0.25) is 14.8 Å². The highest BCUT2D eigenvalue weighted by Crippen LogP contribution is 2.21. The minimum absolute atomic E-state index is 0.0549. The van der Waals surface area contributed by atoms with Crippen LogP contribution in [-0.2, 0) is 4.79 Å². The fourth-order valence-electron chi connectivity index (χ4n) is 1.75. The summed E-state index contributed by atoms with van der Waals surface area (Å²) in [6, 6.07) is 0.431. The van der Waals surface area contributed by atoms with E-state index in [1.807, 2.05) is 5.32 Å². The highest BCUT2D eigenvalue weighted by Gasteiger charge is 2.45. The van der Waals surface area contributed by atoms with E-state index in [1.54, 1.807) is 0 Å². The molecule has 0 aromatic heterocycles. The third kappa shape index (κ3) is 6.99. The molecule has 7 nitrogen and oxygen atoms in total. The van der Waals surface area contributed by atoms with Gasteiger partial charge in [0, 0.05) is 11.1 Å². The number of alkyl halides is 3. The van der Waals surface area contributed by atoms with Gasteiger partial charge in [0.05, 0.1) is 0 Å². The van der Waals surface area contributed by atoms with Crippen molar-refractivity contribution in [2.75, 3.05) is 0 Å². The Morgan fingerprint density at radius 1 is 1.19 bits per heavy atom. The van der Waals surface area contributed by atoms with Crippen molar-refractivity contribution in [1.82, 2.24) is 10.8 Å². The number of benzene rings is 1. The number of aliphatic hydroxyl groups excluding tert-OH is 1. The minimum Gasteiger partial charge on any atom is -0.381 e. The zero-order valence-corrected chi connectivity index (χ0v) is 14.0. The van der Waals surface area contributed by atoms with Crippen LogP contribution in [0.1, 0.15) is 22.8 Å². The lowest BCUT2D eigenvalue weighted by Crippen LogP contribution is -2.61. The maximum atomic E-state index is 12.7. The molecule has 0 aliphatic rings. The molecule has 0 radical (unpaired) electrons. The Balaban J connectivity index is 2.92. The van der Waals surface area contributed by atoms with Crippen LogP contribution in [0.2, 0.25) is 0 Å². The first-order chi connectivity index (χ1) is 12.6. The van der Waals surface area contributed by atoms with E-state index in [0.717, 1.165) is 5.48 Å². The van der Waals surface area contributed by atoms with Crippen LogP contribution in [-0.4, -0.2) is 46.5 Å². The summed E-state index contributed by atoms with van der Waals surface area (Å²) in [5.41, 5.74) is 6.39. The largest absolute Gasteiger partial charge is 0.406 e. The number of nitrogens with two attached hydrogens (primary N) is 1. The van der Waals surface area contributed by atoms with Gasteiger partial charge >= 0.3 is 6.18 Å². The molecule has 0 spiro atoms. The molecule has 1 unspecified atom stereocenters. The zero-order chi connectivity index (χ0) is 20.6.